The van der Waals surface area contributed by atoms with E-state index in [1.54, 1.807) is 48.1 Å². The van der Waals surface area contributed by atoms with Gasteiger partial charge in [-0.2, -0.15) is 5.10 Å². The minimum atomic E-state index is -0.387. The molecule has 0 bridgehead atoms. The maximum atomic E-state index is 14.4. The van der Waals surface area contributed by atoms with Gasteiger partial charge in [0, 0.05) is 36.8 Å². The lowest BCUT2D eigenvalue weighted by Crippen LogP contribution is -2.35. The second-order valence-corrected chi connectivity index (χ2v) is 8.90. The van der Waals surface area contributed by atoms with Crippen molar-refractivity contribution in [3.63, 3.8) is 0 Å². The molecule has 2 aromatic carbocycles. The molecule has 1 aliphatic heterocycles. The summed E-state index contributed by atoms with van der Waals surface area (Å²) in [5.74, 6) is -0.328. The Morgan fingerprint density at radius 2 is 1.97 bits per heavy atom. The Hall–Kier alpha value is -2.82. The topological polar surface area (TPSA) is 84.1 Å². The van der Waals surface area contributed by atoms with Crippen molar-refractivity contribution in [3.8, 4) is 11.4 Å². The number of benzene rings is 2. The summed E-state index contributed by atoms with van der Waals surface area (Å²) in [6, 6.07) is 9.45. The molecule has 1 N–H and O–H groups in total. The molecule has 0 fully saturated rings. The molecule has 198 valence electrons. The number of carbonyl (C=O) groups is 1. The number of rotatable bonds is 5. The predicted octanol–water partition coefficient (Wildman–Crippen LogP) is 5.85. The average Bonchev–Trinajstić information content (AvgIpc) is 3.32. The van der Waals surface area contributed by atoms with Gasteiger partial charge < -0.3 is 9.64 Å². The number of hydrogen-bond acceptors (Lipinski definition) is 5. The van der Waals surface area contributed by atoms with Crippen molar-refractivity contribution in [1.82, 2.24) is 19.7 Å². The molecule has 0 saturated carbocycles. The molecule has 0 saturated heterocycles. The van der Waals surface area contributed by atoms with Crippen LogP contribution in [0, 0.1) is 17.0 Å². The molecule has 4 rings (SSSR count). The number of halogens is 5. The van der Waals surface area contributed by atoms with Crippen LogP contribution in [0.4, 0.5) is 8.78 Å². The summed E-state index contributed by atoms with van der Waals surface area (Å²) in [7, 11) is 1.77. The number of aromatic nitrogens is 3. The van der Waals surface area contributed by atoms with Crippen LogP contribution in [-0.4, -0.2) is 57.0 Å². The molecule has 1 aromatic heterocycles. The van der Waals surface area contributed by atoms with Crippen LogP contribution in [0.3, 0.4) is 0 Å². The highest BCUT2D eigenvalue weighted by Crippen LogP contribution is 2.27. The van der Waals surface area contributed by atoms with E-state index in [9.17, 15) is 13.6 Å². The lowest BCUT2D eigenvalue weighted by Gasteiger charge is -2.26. The summed E-state index contributed by atoms with van der Waals surface area (Å²) in [5.41, 5.74) is 2.55. The first kappa shape index (κ1) is 30.4. The molecule has 0 spiro atoms. The zero-order valence-corrected chi connectivity index (χ0v) is 23.3. The van der Waals surface area contributed by atoms with E-state index in [-0.39, 0.29) is 41.7 Å². The Balaban J connectivity index is 0.000000295. The minimum Gasteiger partial charge on any atom is -0.478 e. The third-order valence-electron chi connectivity index (χ3n) is 5.32. The van der Waals surface area contributed by atoms with E-state index >= 15 is 0 Å². The van der Waals surface area contributed by atoms with E-state index in [0.29, 0.717) is 53.1 Å². The first-order chi connectivity index (χ1) is 17.2. The van der Waals surface area contributed by atoms with Gasteiger partial charge in [-0.05, 0) is 59.1 Å². The number of alkyl halides is 1. The molecule has 0 unspecified atom stereocenters. The van der Waals surface area contributed by atoms with E-state index in [1.165, 1.54) is 12.1 Å². The zero-order valence-electron chi connectivity index (χ0n) is 20.2. The number of hydrogen-bond donors (Lipinski definition) is 1. The molecule has 7 nitrogen and oxygen atoms in total. The van der Waals surface area contributed by atoms with Crippen molar-refractivity contribution < 1.29 is 18.3 Å². The van der Waals surface area contributed by atoms with E-state index in [0.717, 1.165) is 5.57 Å². The summed E-state index contributed by atoms with van der Waals surface area (Å²) in [5, 5.41) is 11.6. The first-order valence-electron chi connectivity index (χ1n) is 11.1. The summed E-state index contributed by atoms with van der Waals surface area (Å²) in [6.45, 7) is 3.21. The van der Waals surface area contributed by atoms with E-state index in [1.807, 2.05) is 12.1 Å². The highest BCUT2D eigenvalue weighted by atomic mass is 79.9. The van der Waals surface area contributed by atoms with Crippen LogP contribution in [0.1, 0.15) is 24.5 Å². The molecule has 0 aliphatic carbocycles. The maximum Gasteiger partial charge on any atom is 0.237 e. The summed E-state index contributed by atoms with van der Waals surface area (Å²) < 4.78 is 34.3. The van der Waals surface area contributed by atoms with Gasteiger partial charge in [-0.15, -0.1) is 24.0 Å². The average molecular weight is 617 g/mol. The number of ether oxygens (including phenoxy) is 1. The van der Waals surface area contributed by atoms with Gasteiger partial charge in [-0.3, -0.25) is 14.9 Å². The molecule has 2 heterocycles. The van der Waals surface area contributed by atoms with Crippen molar-refractivity contribution in [2.24, 2.45) is 7.05 Å². The van der Waals surface area contributed by atoms with Crippen LogP contribution in [0.15, 0.2) is 53.3 Å². The van der Waals surface area contributed by atoms with Crippen LogP contribution in [0.2, 0.25) is 0 Å². The highest BCUT2D eigenvalue weighted by molar-refractivity contribution is 9.10. The van der Waals surface area contributed by atoms with Crippen molar-refractivity contribution in [1.29, 1.82) is 5.41 Å². The SMILES string of the molecule is CCOC(=N)c1ccc(Br)c(F)c1.Cl.Cn1cnc(-c2ccc(C3=CCN(C(=O)CCl)CC3)c(F)c2)n1. The van der Waals surface area contributed by atoms with Crippen molar-refractivity contribution >= 4 is 57.3 Å². The molecule has 1 amide bonds. The molecule has 3 aromatic rings. The minimum absolute atomic E-state index is 0. The Bertz CT molecular complexity index is 1290. The predicted molar refractivity (Wildman–Crippen MR) is 146 cm³/mol. The van der Waals surface area contributed by atoms with Crippen LogP contribution >= 0.6 is 39.9 Å². The van der Waals surface area contributed by atoms with Crippen molar-refractivity contribution in [3.05, 3.63) is 76.0 Å². The molecule has 12 heteroatoms. The zero-order chi connectivity index (χ0) is 26.2. The summed E-state index contributed by atoms with van der Waals surface area (Å²) in [6.07, 6.45) is 4.07. The van der Waals surface area contributed by atoms with E-state index in [4.69, 9.17) is 21.7 Å². The third kappa shape index (κ3) is 8.08. The van der Waals surface area contributed by atoms with Gasteiger partial charge in [0.25, 0.3) is 0 Å². The Morgan fingerprint density at radius 3 is 2.51 bits per heavy atom. The Labute approximate surface area is 233 Å². The number of nitrogens with zero attached hydrogens (tertiary/aromatic N) is 4. The van der Waals surface area contributed by atoms with Crippen LogP contribution in [0.25, 0.3) is 17.0 Å². The molecular weight excluding hydrogens is 591 g/mol. The monoisotopic (exact) mass is 615 g/mol. The largest absolute Gasteiger partial charge is 0.478 e. The molecule has 0 radical (unpaired) electrons. The fourth-order valence-electron chi connectivity index (χ4n) is 3.48. The lowest BCUT2D eigenvalue weighted by molar-refractivity contribution is -0.128. The van der Waals surface area contributed by atoms with Crippen LogP contribution < -0.4 is 0 Å². The molecule has 0 atom stereocenters. The van der Waals surface area contributed by atoms with Crippen molar-refractivity contribution in [2.75, 3.05) is 25.6 Å². The molecular formula is C25H26BrCl2F2N5O2. The van der Waals surface area contributed by atoms with Gasteiger partial charge in [-0.1, -0.05) is 18.2 Å². The number of amides is 1. The van der Waals surface area contributed by atoms with Gasteiger partial charge in [0.05, 0.1) is 11.1 Å². The van der Waals surface area contributed by atoms with Gasteiger partial charge in [0.2, 0.25) is 11.8 Å². The quantitative estimate of drug-likeness (QED) is 0.221. The normalized spacial score (nSPS) is 12.6. The fraction of sp³-hybridized carbons (Fsp3) is 0.280. The summed E-state index contributed by atoms with van der Waals surface area (Å²) in [4.78, 5) is 17.3. The summed E-state index contributed by atoms with van der Waals surface area (Å²) >= 11 is 8.59. The van der Waals surface area contributed by atoms with Gasteiger partial charge in [0.15, 0.2) is 5.82 Å². The highest BCUT2D eigenvalue weighted by Gasteiger charge is 2.19. The molecule has 1 aliphatic rings. The van der Waals surface area contributed by atoms with Crippen LogP contribution in [-0.2, 0) is 16.6 Å². The number of nitrogens with one attached hydrogen (secondary N) is 1. The molecule has 37 heavy (non-hydrogen) atoms. The van der Waals surface area contributed by atoms with Gasteiger partial charge in [0.1, 0.15) is 23.8 Å². The van der Waals surface area contributed by atoms with E-state index in [2.05, 4.69) is 26.0 Å². The third-order valence-corrected chi connectivity index (χ3v) is 6.19. The standard InChI is InChI=1S/C16H16ClFN4O.C9H9BrFNO.ClH/c1-21-10-19-16(20-21)12-2-3-13(14(18)8-12)11-4-6-22(7-5-11)15(23)9-17;1-2-13-9(12)6-3-4-7(10)8(11)5-6;/h2-4,8,10H,5-7,9H2,1H3;3-5,12H,2H2,1H3;1H. The van der Waals surface area contributed by atoms with Gasteiger partial charge >= 0.3 is 0 Å². The van der Waals surface area contributed by atoms with Gasteiger partial charge in [-0.25, -0.2) is 13.8 Å². The van der Waals surface area contributed by atoms with Crippen molar-refractivity contribution in [2.45, 2.75) is 13.3 Å². The lowest BCUT2D eigenvalue weighted by atomic mass is 9.97. The maximum absolute atomic E-state index is 14.4. The fourth-order valence-corrected chi connectivity index (χ4v) is 3.89. The number of aryl methyl sites for hydroxylation is 1. The van der Waals surface area contributed by atoms with E-state index < -0.39 is 0 Å². The second-order valence-electron chi connectivity index (χ2n) is 7.78. The smallest absolute Gasteiger partial charge is 0.237 e. The second kappa shape index (κ2) is 14.2. The van der Waals surface area contributed by atoms with Crippen LogP contribution in [0.5, 0.6) is 0 Å². The number of carbonyl (C=O) groups excluding carboxylic acids is 1. The Kier molecular flexibility index (Phi) is 11.7. The first-order valence-corrected chi connectivity index (χ1v) is 12.4. The Morgan fingerprint density at radius 1 is 1.22 bits per heavy atom.